The van der Waals surface area contributed by atoms with E-state index in [-0.39, 0.29) is 17.7 Å². The summed E-state index contributed by atoms with van der Waals surface area (Å²) in [5.41, 5.74) is 1.81. The summed E-state index contributed by atoms with van der Waals surface area (Å²) in [4.78, 5) is 12.2. The highest BCUT2D eigenvalue weighted by Crippen LogP contribution is 2.20. The SMILES string of the molecule is C[C@@H](NC(=O)CSc1nnnn1-c1ccccc1)c1cccc(Cl)c1. The van der Waals surface area contributed by atoms with Gasteiger partial charge in [0.2, 0.25) is 11.1 Å². The van der Waals surface area contributed by atoms with Gasteiger partial charge in [-0.1, -0.05) is 53.7 Å². The van der Waals surface area contributed by atoms with Gasteiger partial charge in [0.1, 0.15) is 0 Å². The molecule has 25 heavy (non-hydrogen) atoms. The van der Waals surface area contributed by atoms with Crippen molar-refractivity contribution in [3.63, 3.8) is 0 Å². The zero-order valence-electron chi connectivity index (χ0n) is 13.5. The minimum Gasteiger partial charge on any atom is -0.349 e. The monoisotopic (exact) mass is 373 g/mol. The average Bonchev–Trinajstić information content (AvgIpc) is 3.09. The molecular weight excluding hydrogens is 358 g/mol. The van der Waals surface area contributed by atoms with Gasteiger partial charge in [-0.05, 0) is 47.2 Å². The first-order valence-corrected chi connectivity index (χ1v) is 9.01. The molecule has 0 aliphatic rings. The number of carbonyl (C=O) groups excluding carboxylic acids is 1. The largest absolute Gasteiger partial charge is 0.349 e. The van der Waals surface area contributed by atoms with Crippen molar-refractivity contribution in [2.75, 3.05) is 5.75 Å². The molecule has 0 unspecified atom stereocenters. The molecule has 3 rings (SSSR count). The van der Waals surface area contributed by atoms with Crippen molar-refractivity contribution in [2.24, 2.45) is 0 Å². The Morgan fingerprint density at radius 2 is 2.04 bits per heavy atom. The van der Waals surface area contributed by atoms with Crippen LogP contribution in [0.15, 0.2) is 59.8 Å². The third kappa shape index (κ3) is 4.58. The molecule has 1 N–H and O–H groups in total. The van der Waals surface area contributed by atoms with Crippen LogP contribution in [0.1, 0.15) is 18.5 Å². The van der Waals surface area contributed by atoms with Crippen molar-refractivity contribution >= 4 is 29.3 Å². The first-order chi connectivity index (χ1) is 12.1. The third-order valence-electron chi connectivity index (χ3n) is 3.50. The fourth-order valence-electron chi connectivity index (χ4n) is 2.27. The lowest BCUT2D eigenvalue weighted by molar-refractivity contribution is -0.119. The van der Waals surface area contributed by atoms with Crippen LogP contribution >= 0.6 is 23.4 Å². The fourth-order valence-corrected chi connectivity index (χ4v) is 3.17. The summed E-state index contributed by atoms with van der Waals surface area (Å²) in [7, 11) is 0. The summed E-state index contributed by atoms with van der Waals surface area (Å²) in [6, 6.07) is 16.9. The molecule has 1 aromatic heterocycles. The molecule has 1 atom stereocenters. The van der Waals surface area contributed by atoms with Gasteiger partial charge in [0.15, 0.2) is 0 Å². The van der Waals surface area contributed by atoms with Gasteiger partial charge in [0.25, 0.3) is 0 Å². The van der Waals surface area contributed by atoms with Crippen LogP contribution in [-0.2, 0) is 4.79 Å². The first-order valence-electron chi connectivity index (χ1n) is 7.65. The Morgan fingerprint density at radius 3 is 2.80 bits per heavy atom. The predicted molar refractivity (Wildman–Crippen MR) is 97.9 cm³/mol. The number of tetrazole rings is 1. The molecule has 3 aromatic rings. The number of hydrogen-bond acceptors (Lipinski definition) is 5. The molecule has 8 heteroatoms. The Hall–Kier alpha value is -2.38. The third-order valence-corrected chi connectivity index (χ3v) is 4.65. The number of rotatable bonds is 6. The molecule has 0 spiro atoms. The standard InChI is InChI=1S/C17H16ClN5OS/c1-12(13-6-5-7-14(18)10-13)19-16(24)11-25-17-20-21-22-23(17)15-8-3-2-4-9-15/h2-10,12H,11H2,1H3,(H,19,24)/t12-/m1/s1. The Balaban J connectivity index is 1.59. The number of carbonyl (C=O) groups is 1. The van der Waals surface area contributed by atoms with E-state index in [4.69, 9.17) is 11.6 Å². The highest BCUT2D eigenvalue weighted by Gasteiger charge is 2.14. The Bertz CT molecular complexity index is 855. The lowest BCUT2D eigenvalue weighted by Crippen LogP contribution is -2.28. The van der Waals surface area contributed by atoms with Crippen molar-refractivity contribution in [1.82, 2.24) is 25.5 Å². The van der Waals surface area contributed by atoms with Gasteiger partial charge in [0, 0.05) is 5.02 Å². The number of benzene rings is 2. The van der Waals surface area contributed by atoms with Crippen LogP contribution in [0.25, 0.3) is 5.69 Å². The Morgan fingerprint density at radius 1 is 1.24 bits per heavy atom. The summed E-state index contributed by atoms with van der Waals surface area (Å²) in [6.07, 6.45) is 0. The Kier molecular flexibility index (Phi) is 5.67. The van der Waals surface area contributed by atoms with Crippen LogP contribution in [0.5, 0.6) is 0 Å². The average molecular weight is 374 g/mol. The minimum atomic E-state index is -0.128. The van der Waals surface area contributed by atoms with E-state index in [0.29, 0.717) is 10.2 Å². The summed E-state index contributed by atoms with van der Waals surface area (Å²) < 4.78 is 1.61. The van der Waals surface area contributed by atoms with E-state index >= 15 is 0 Å². The molecule has 1 heterocycles. The van der Waals surface area contributed by atoms with Crippen molar-refractivity contribution in [2.45, 2.75) is 18.1 Å². The molecule has 6 nitrogen and oxygen atoms in total. The highest BCUT2D eigenvalue weighted by molar-refractivity contribution is 7.99. The van der Waals surface area contributed by atoms with E-state index in [2.05, 4.69) is 20.8 Å². The molecule has 0 bridgehead atoms. The second-order valence-electron chi connectivity index (χ2n) is 5.34. The predicted octanol–water partition coefficient (Wildman–Crippen LogP) is 3.29. The van der Waals surface area contributed by atoms with Crippen LogP contribution in [0.3, 0.4) is 0 Å². The number of aromatic nitrogens is 4. The first kappa shape index (κ1) is 17.4. The molecule has 1 amide bonds. The fraction of sp³-hybridized carbons (Fsp3) is 0.176. The molecule has 0 aliphatic heterocycles. The summed E-state index contributed by atoms with van der Waals surface area (Å²) in [5, 5.41) is 15.8. The minimum absolute atomic E-state index is 0.0971. The quantitative estimate of drug-likeness (QED) is 0.671. The number of nitrogens with one attached hydrogen (secondary N) is 1. The van der Waals surface area contributed by atoms with Gasteiger partial charge in [-0.2, -0.15) is 4.68 Å². The van der Waals surface area contributed by atoms with Gasteiger partial charge < -0.3 is 5.32 Å². The number of amides is 1. The van der Waals surface area contributed by atoms with Crippen molar-refractivity contribution in [3.8, 4) is 5.69 Å². The van der Waals surface area contributed by atoms with E-state index in [1.807, 2.05) is 55.5 Å². The van der Waals surface area contributed by atoms with E-state index in [0.717, 1.165) is 11.3 Å². The highest BCUT2D eigenvalue weighted by atomic mass is 35.5. The molecule has 0 saturated carbocycles. The topological polar surface area (TPSA) is 72.7 Å². The Labute approximate surface area is 154 Å². The normalized spacial score (nSPS) is 11.9. The van der Waals surface area contributed by atoms with Crippen LogP contribution in [-0.4, -0.2) is 31.9 Å². The van der Waals surface area contributed by atoms with E-state index in [1.54, 1.807) is 10.7 Å². The zero-order valence-corrected chi connectivity index (χ0v) is 15.0. The number of thioether (sulfide) groups is 1. The van der Waals surface area contributed by atoms with Crippen LogP contribution in [0.2, 0.25) is 5.02 Å². The molecular formula is C17H16ClN5OS. The van der Waals surface area contributed by atoms with Gasteiger partial charge in [-0.3, -0.25) is 4.79 Å². The molecule has 0 radical (unpaired) electrons. The van der Waals surface area contributed by atoms with Gasteiger partial charge >= 0.3 is 0 Å². The van der Waals surface area contributed by atoms with Crippen molar-refractivity contribution < 1.29 is 4.79 Å². The van der Waals surface area contributed by atoms with Crippen molar-refractivity contribution in [1.29, 1.82) is 0 Å². The maximum absolute atomic E-state index is 12.2. The maximum Gasteiger partial charge on any atom is 0.230 e. The number of nitrogens with zero attached hydrogens (tertiary/aromatic N) is 4. The summed E-state index contributed by atoms with van der Waals surface area (Å²) >= 11 is 7.27. The molecule has 2 aromatic carbocycles. The van der Waals surface area contributed by atoms with Crippen LogP contribution in [0.4, 0.5) is 0 Å². The smallest absolute Gasteiger partial charge is 0.230 e. The lowest BCUT2D eigenvalue weighted by Gasteiger charge is -2.14. The maximum atomic E-state index is 12.2. The van der Waals surface area contributed by atoms with E-state index in [1.165, 1.54) is 11.8 Å². The molecule has 128 valence electrons. The van der Waals surface area contributed by atoms with Gasteiger partial charge in [-0.15, -0.1) is 5.10 Å². The molecule has 0 aliphatic carbocycles. The second kappa shape index (κ2) is 8.13. The number of halogens is 1. The molecule has 0 saturated heterocycles. The van der Waals surface area contributed by atoms with Gasteiger partial charge in [-0.25, -0.2) is 0 Å². The number of para-hydroxylation sites is 1. The lowest BCUT2D eigenvalue weighted by atomic mass is 10.1. The van der Waals surface area contributed by atoms with Crippen molar-refractivity contribution in [3.05, 3.63) is 65.2 Å². The van der Waals surface area contributed by atoms with Crippen LogP contribution in [0, 0.1) is 0 Å². The van der Waals surface area contributed by atoms with E-state index in [9.17, 15) is 4.79 Å². The second-order valence-corrected chi connectivity index (χ2v) is 6.72. The van der Waals surface area contributed by atoms with Gasteiger partial charge in [0.05, 0.1) is 17.5 Å². The van der Waals surface area contributed by atoms with E-state index < -0.39 is 0 Å². The summed E-state index contributed by atoms with van der Waals surface area (Å²) in [5.74, 6) is 0.123. The molecule has 0 fully saturated rings. The summed E-state index contributed by atoms with van der Waals surface area (Å²) in [6.45, 7) is 1.92. The zero-order chi connectivity index (χ0) is 17.6. The van der Waals surface area contributed by atoms with Crippen LogP contribution < -0.4 is 5.32 Å². The number of hydrogen-bond donors (Lipinski definition) is 1.